The molecule has 182 valence electrons. The summed E-state index contributed by atoms with van der Waals surface area (Å²) in [4.78, 5) is 29.9. The van der Waals surface area contributed by atoms with E-state index in [0.717, 1.165) is 16.8 Å². The highest BCUT2D eigenvalue weighted by molar-refractivity contribution is 7.90. The Morgan fingerprint density at radius 1 is 1.03 bits per heavy atom. The van der Waals surface area contributed by atoms with E-state index in [1.807, 2.05) is 19.1 Å². The highest BCUT2D eigenvalue weighted by atomic mass is 32.2. The molecule has 0 atom stereocenters. The molecule has 9 nitrogen and oxygen atoms in total. The summed E-state index contributed by atoms with van der Waals surface area (Å²) in [6, 6.07) is 18.0. The molecule has 3 aromatic rings. The van der Waals surface area contributed by atoms with E-state index >= 15 is 0 Å². The zero-order valence-corrected chi connectivity index (χ0v) is 19.9. The lowest BCUT2D eigenvalue weighted by Crippen LogP contribution is -2.43. The van der Waals surface area contributed by atoms with Crippen LogP contribution in [0.3, 0.4) is 0 Å². The van der Waals surface area contributed by atoms with Crippen molar-refractivity contribution in [1.29, 1.82) is 0 Å². The van der Waals surface area contributed by atoms with Crippen LogP contribution < -0.4 is 10.2 Å². The van der Waals surface area contributed by atoms with E-state index in [4.69, 9.17) is 5.21 Å². The summed E-state index contributed by atoms with van der Waals surface area (Å²) in [6.07, 6.45) is 4.80. The first kappa shape index (κ1) is 25.6. The number of aromatic nitrogens is 1. The normalized spacial score (nSPS) is 11.3. The van der Waals surface area contributed by atoms with E-state index < -0.39 is 22.0 Å². The maximum atomic E-state index is 13.0. The number of hydroxylamine groups is 1. The average molecular weight is 495 g/mol. The second kappa shape index (κ2) is 11.9. The zero-order chi connectivity index (χ0) is 25.3. The van der Waals surface area contributed by atoms with Crippen LogP contribution in [0, 0.1) is 6.92 Å². The van der Waals surface area contributed by atoms with Crippen molar-refractivity contribution in [2.45, 2.75) is 24.8 Å². The summed E-state index contributed by atoms with van der Waals surface area (Å²) in [6.45, 7) is 2.24. The van der Waals surface area contributed by atoms with Gasteiger partial charge in [-0.3, -0.25) is 15.0 Å². The molecule has 0 bridgehead atoms. The van der Waals surface area contributed by atoms with Gasteiger partial charge in [-0.2, -0.15) is 0 Å². The molecular weight excluding hydrogens is 468 g/mol. The molecule has 0 aliphatic heterocycles. The maximum absolute atomic E-state index is 13.0. The third-order valence-electron chi connectivity index (χ3n) is 5.09. The lowest BCUT2D eigenvalue weighted by molar-refractivity contribution is -0.124. The van der Waals surface area contributed by atoms with Crippen molar-refractivity contribution in [3.05, 3.63) is 101 Å². The van der Waals surface area contributed by atoms with E-state index in [2.05, 4.69) is 9.71 Å². The SMILES string of the molecule is Cc1ccc(S(=O)(=O)NC(=O)N(CCc2ccccn2)Cc2ccc(/C=C/C(=O)NO)cc2)cc1. The van der Waals surface area contributed by atoms with Gasteiger partial charge in [0.2, 0.25) is 0 Å². The third-order valence-corrected chi connectivity index (χ3v) is 6.43. The number of nitrogens with one attached hydrogen (secondary N) is 2. The van der Waals surface area contributed by atoms with Crippen LogP contribution in [0.15, 0.2) is 83.9 Å². The molecule has 3 rings (SSSR count). The van der Waals surface area contributed by atoms with Crippen molar-refractivity contribution in [2.75, 3.05) is 6.54 Å². The van der Waals surface area contributed by atoms with Gasteiger partial charge in [0.25, 0.3) is 15.9 Å². The molecule has 0 spiro atoms. The van der Waals surface area contributed by atoms with Gasteiger partial charge in [0.05, 0.1) is 4.90 Å². The number of urea groups is 1. The lowest BCUT2D eigenvalue weighted by Gasteiger charge is -2.23. The molecule has 0 aliphatic carbocycles. The largest absolute Gasteiger partial charge is 0.331 e. The van der Waals surface area contributed by atoms with Crippen molar-refractivity contribution in [1.82, 2.24) is 20.1 Å². The molecule has 1 aromatic heterocycles. The van der Waals surface area contributed by atoms with Crippen LogP contribution in [-0.4, -0.2) is 42.0 Å². The van der Waals surface area contributed by atoms with Gasteiger partial charge in [0.1, 0.15) is 0 Å². The zero-order valence-electron chi connectivity index (χ0n) is 19.1. The summed E-state index contributed by atoms with van der Waals surface area (Å²) in [5.41, 5.74) is 4.67. The molecule has 0 fully saturated rings. The van der Waals surface area contributed by atoms with Crippen LogP contribution in [0.2, 0.25) is 0 Å². The molecule has 35 heavy (non-hydrogen) atoms. The van der Waals surface area contributed by atoms with Crippen LogP contribution in [0.25, 0.3) is 6.08 Å². The first-order valence-electron chi connectivity index (χ1n) is 10.8. The summed E-state index contributed by atoms with van der Waals surface area (Å²) in [5.74, 6) is -0.652. The predicted octanol–water partition coefficient (Wildman–Crippen LogP) is 3.05. The quantitative estimate of drug-likeness (QED) is 0.238. The number of sulfonamides is 1. The molecule has 0 saturated heterocycles. The van der Waals surface area contributed by atoms with E-state index in [9.17, 15) is 18.0 Å². The fraction of sp³-hybridized carbons (Fsp3) is 0.160. The van der Waals surface area contributed by atoms with Gasteiger partial charge >= 0.3 is 6.03 Å². The van der Waals surface area contributed by atoms with Crippen LogP contribution in [-0.2, 0) is 27.8 Å². The number of nitrogens with zero attached hydrogens (tertiary/aromatic N) is 2. The van der Waals surface area contributed by atoms with Crippen LogP contribution >= 0.6 is 0 Å². The Labute approximate surface area is 204 Å². The highest BCUT2D eigenvalue weighted by Crippen LogP contribution is 2.13. The Morgan fingerprint density at radius 2 is 1.74 bits per heavy atom. The smallest absolute Gasteiger partial charge is 0.319 e. The Morgan fingerprint density at radius 3 is 2.37 bits per heavy atom. The first-order chi connectivity index (χ1) is 16.8. The van der Waals surface area contributed by atoms with E-state index in [-0.39, 0.29) is 18.0 Å². The molecule has 0 saturated carbocycles. The Bertz CT molecular complexity index is 1280. The van der Waals surface area contributed by atoms with Gasteiger partial charge in [0.15, 0.2) is 0 Å². The van der Waals surface area contributed by atoms with Gasteiger partial charge in [-0.15, -0.1) is 0 Å². The molecule has 3 N–H and O–H groups in total. The number of aryl methyl sites for hydroxylation is 1. The van der Waals surface area contributed by atoms with Gasteiger partial charge < -0.3 is 4.90 Å². The number of carbonyl (C=O) groups excluding carboxylic acids is 2. The minimum atomic E-state index is -4.05. The molecular formula is C25H26N4O5S. The molecule has 10 heteroatoms. The number of pyridine rings is 1. The number of benzene rings is 2. The molecule has 3 amide bonds. The molecule has 1 heterocycles. The van der Waals surface area contributed by atoms with Crippen molar-refractivity contribution >= 4 is 28.0 Å². The third kappa shape index (κ3) is 7.76. The molecule has 0 radical (unpaired) electrons. The van der Waals surface area contributed by atoms with Crippen molar-refractivity contribution < 1.29 is 23.2 Å². The highest BCUT2D eigenvalue weighted by Gasteiger charge is 2.22. The second-order valence-electron chi connectivity index (χ2n) is 7.77. The number of carbonyl (C=O) groups is 2. The van der Waals surface area contributed by atoms with E-state index in [1.54, 1.807) is 48.7 Å². The summed E-state index contributed by atoms with van der Waals surface area (Å²) >= 11 is 0. The van der Waals surface area contributed by atoms with Gasteiger partial charge in [-0.25, -0.2) is 23.4 Å². The fourth-order valence-corrected chi connectivity index (χ4v) is 4.14. The fourth-order valence-electron chi connectivity index (χ4n) is 3.17. The van der Waals surface area contributed by atoms with Crippen LogP contribution in [0.4, 0.5) is 4.79 Å². The number of amides is 3. The topological polar surface area (TPSA) is 129 Å². The number of rotatable bonds is 9. The Kier molecular flexibility index (Phi) is 8.71. The van der Waals surface area contributed by atoms with Gasteiger partial charge in [-0.05, 0) is 48.4 Å². The monoisotopic (exact) mass is 494 g/mol. The maximum Gasteiger partial charge on any atom is 0.331 e. The molecule has 0 aliphatic rings. The van der Waals surface area contributed by atoms with E-state index in [0.29, 0.717) is 12.0 Å². The first-order valence-corrected chi connectivity index (χ1v) is 12.2. The predicted molar refractivity (Wildman–Crippen MR) is 131 cm³/mol. The summed E-state index contributed by atoms with van der Waals surface area (Å²) in [7, 11) is -4.05. The Balaban J connectivity index is 1.76. The van der Waals surface area contributed by atoms with Gasteiger partial charge in [0, 0.05) is 37.5 Å². The molecule has 0 unspecified atom stereocenters. The minimum absolute atomic E-state index is 0.00387. The standard InChI is InChI=1S/C25H26N4O5S/c1-19-5-12-23(13-6-19)35(33,34)28-25(31)29(17-15-22-4-2-3-16-26-22)18-21-9-7-20(8-10-21)11-14-24(30)27-32/h2-14,16,32H,15,17-18H2,1H3,(H,27,30)(H,28,31)/b14-11+. The minimum Gasteiger partial charge on any atom is -0.319 e. The van der Waals surface area contributed by atoms with Crippen LogP contribution in [0.5, 0.6) is 0 Å². The van der Waals surface area contributed by atoms with Gasteiger partial charge in [-0.1, -0.05) is 48.0 Å². The van der Waals surface area contributed by atoms with Crippen LogP contribution in [0.1, 0.15) is 22.4 Å². The number of hydrogen-bond acceptors (Lipinski definition) is 6. The van der Waals surface area contributed by atoms with Crippen molar-refractivity contribution in [3.63, 3.8) is 0 Å². The van der Waals surface area contributed by atoms with E-state index in [1.165, 1.54) is 34.7 Å². The summed E-state index contributed by atoms with van der Waals surface area (Å²) < 4.78 is 27.7. The summed E-state index contributed by atoms with van der Waals surface area (Å²) in [5, 5.41) is 8.56. The average Bonchev–Trinajstić information content (AvgIpc) is 2.86. The van der Waals surface area contributed by atoms with Crippen molar-refractivity contribution in [2.24, 2.45) is 0 Å². The lowest BCUT2D eigenvalue weighted by atomic mass is 10.1. The molecule has 2 aromatic carbocycles. The van der Waals surface area contributed by atoms with Crippen molar-refractivity contribution in [3.8, 4) is 0 Å². The second-order valence-corrected chi connectivity index (χ2v) is 9.45. The number of hydrogen-bond donors (Lipinski definition) is 3. The Hall–Kier alpha value is -4.02.